The van der Waals surface area contributed by atoms with Crippen molar-refractivity contribution in [3.63, 3.8) is 0 Å². The molecule has 0 bridgehead atoms. The van der Waals surface area contributed by atoms with Crippen LogP contribution in [0.2, 0.25) is 0 Å². The Labute approximate surface area is 111 Å². The number of rotatable bonds is 2. The number of carbonyl (C=O) groups is 1. The van der Waals surface area contributed by atoms with E-state index in [2.05, 4.69) is 0 Å². The van der Waals surface area contributed by atoms with Crippen LogP contribution in [0, 0.1) is 10.1 Å². The molecule has 1 heterocycles. The molecule has 19 heavy (non-hydrogen) atoms. The molecule has 0 saturated carbocycles. The maximum absolute atomic E-state index is 11.6. The van der Waals surface area contributed by atoms with Gasteiger partial charge in [0.25, 0.3) is 5.69 Å². The Balaban J connectivity index is 2.28. The number of non-ortho nitro benzene ring substituents is 1. The first-order chi connectivity index (χ1) is 8.99. The molecule has 1 aromatic carbocycles. The zero-order chi connectivity index (χ0) is 14.0. The molecular weight excluding hydrogens is 272 g/mol. The molecule has 0 spiro atoms. The highest BCUT2D eigenvalue weighted by atomic mass is 32.2. The minimum Gasteiger partial charge on any atom is -0.465 e. The molecule has 1 amide bonds. The third-order valence-corrected chi connectivity index (χ3v) is 4.34. The van der Waals surface area contributed by atoms with Crippen LogP contribution in [-0.4, -0.2) is 43.3 Å². The summed E-state index contributed by atoms with van der Waals surface area (Å²) in [5.41, 5.74) is 0.573. The van der Waals surface area contributed by atoms with E-state index in [0.717, 1.165) is 0 Å². The zero-order valence-electron chi connectivity index (χ0n) is 9.89. The molecule has 0 radical (unpaired) electrons. The van der Waals surface area contributed by atoms with Gasteiger partial charge in [0.15, 0.2) is 0 Å². The van der Waals surface area contributed by atoms with E-state index < -0.39 is 27.9 Å². The number of nitro benzene ring substituents is 1. The van der Waals surface area contributed by atoms with E-state index in [1.807, 2.05) is 0 Å². The minimum atomic E-state index is -1.07. The molecule has 8 heteroatoms. The predicted octanol–water partition coefficient (Wildman–Crippen LogP) is 1.38. The number of nitro groups is 1. The fraction of sp³-hybridized carbons (Fsp3) is 0.364. The third kappa shape index (κ3) is 2.90. The second kappa shape index (κ2) is 5.35. The molecule has 7 nitrogen and oxygen atoms in total. The lowest BCUT2D eigenvalue weighted by Crippen LogP contribution is -2.43. The van der Waals surface area contributed by atoms with Crippen molar-refractivity contribution in [3.05, 3.63) is 39.9 Å². The molecule has 102 valence electrons. The summed E-state index contributed by atoms with van der Waals surface area (Å²) in [4.78, 5) is 22.4. The summed E-state index contributed by atoms with van der Waals surface area (Å²) in [6.45, 7) is 0.212. The summed E-state index contributed by atoms with van der Waals surface area (Å²) >= 11 is 0. The monoisotopic (exact) mass is 284 g/mol. The van der Waals surface area contributed by atoms with Crippen LogP contribution < -0.4 is 0 Å². The summed E-state index contributed by atoms with van der Waals surface area (Å²) in [5, 5.41) is 19.7. The van der Waals surface area contributed by atoms with E-state index in [1.54, 1.807) is 0 Å². The lowest BCUT2D eigenvalue weighted by molar-refractivity contribution is -0.384. The Kier molecular flexibility index (Phi) is 3.79. The van der Waals surface area contributed by atoms with Crippen LogP contribution in [0.5, 0.6) is 0 Å². The van der Waals surface area contributed by atoms with E-state index in [0.29, 0.717) is 11.3 Å². The van der Waals surface area contributed by atoms with Gasteiger partial charge in [-0.3, -0.25) is 19.2 Å². The summed E-state index contributed by atoms with van der Waals surface area (Å²) in [5.74, 6) is 0.555. The lowest BCUT2D eigenvalue weighted by atomic mass is 10.1. The standard InChI is InChI=1S/C11H12N2O5S/c14-11(15)12-5-6-19(18)7-10(12)8-1-3-9(4-2-8)13(16)17/h1-4,10H,5-7H2,(H,14,15). The predicted molar refractivity (Wildman–Crippen MR) is 68.4 cm³/mol. The fourth-order valence-corrected chi connectivity index (χ4v) is 3.32. The van der Waals surface area contributed by atoms with Crippen LogP contribution in [0.1, 0.15) is 11.6 Å². The largest absolute Gasteiger partial charge is 0.465 e. The van der Waals surface area contributed by atoms with Crippen molar-refractivity contribution in [2.75, 3.05) is 18.1 Å². The molecule has 1 aromatic rings. The molecule has 2 rings (SSSR count). The van der Waals surface area contributed by atoms with Crippen molar-refractivity contribution in [1.29, 1.82) is 0 Å². The Hall–Kier alpha value is -1.96. The van der Waals surface area contributed by atoms with Crippen molar-refractivity contribution in [2.45, 2.75) is 6.04 Å². The molecule has 1 N–H and O–H groups in total. The summed E-state index contributed by atoms with van der Waals surface area (Å²) in [6.07, 6.45) is -1.07. The number of carboxylic acid groups (broad SMARTS) is 1. The Morgan fingerprint density at radius 2 is 2.05 bits per heavy atom. The topological polar surface area (TPSA) is 101 Å². The van der Waals surface area contributed by atoms with Crippen LogP contribution in [-0.2, 0) is 10.8 Å². The molecule has 0 aliphatic carbocycles. The summed E-state index contributed by atoms with van der Waals surface area (Å²) in [6, 6.07) is 5.18. The normalized spacial score (nSPS) is 23.1. The van der Waals surface area contributed by atoms with Crippen molar-refractivity contribution >= 4 is 22.6 Å². The summed E-state index contributed by atoms with van der Waals surface area (Å²) < 4.78 is 11.6. The molecule has 2 unspecified atom stereocenters. The van der Waals surface area contributed by atoms with Gasteiger partial charge < -0.3 is 5.11 Å². The van der Waals surface area contributed by atoms with Gasteiger partial charge >= 0.3 is 6.09 Å². The first kappa shape index (κ1) is 13.5. The van der Waals surface area contributed by atoms with Gasteiger partial charge in [-0.25, -0.2) is 4.79 Å². The smallest absolute Gasteiger partial charge is 0.407 e. The van der Waals surface area contributed by atoms with Crippen LogP contribution in [0.25, 0.3) is 0 Å². The first-order valence-electron chi connectivity index (χ1n) is 5.58. The van der Waals surface area contributed by atoms with Gasteiger partial charge in [-0.2, -0.15) is 0 Å². The van der Waals surface area contributed by atoms with Crippen LogP contribution >= 0.6 is 0 Å². The van der Waals surface area contributed by atoms with Crippen LogP contribution in [0.3, 0.4) is 0 Å². The Morgan fingerprint density at radius 3 is 2.58 bits per heavy atom. The van der Waals surface area contributed by atoms with Crippen molar-refractivity contribution in [3.8, 4) is 0 Å². The second-order valence-electron chi connectivity index (χ2n) is 4.15. The number of nitrogens with zero attached hydrogens (tertiary/aromatic N) is 2. The number of hydrogen-bond acceptors (Lipinski definition) is 4. The lowest BCUT2D eigenvalue weighted by Gasteiger charge is -2.33. The quantitative estimate of drug-likeness (QED) is 0.653. The Morgan fingerprint density at radius 1 is 1.42 bits per heavy atom. The molecule has 0 aromatic heterocycles. The number of amides is 1. The van der Waals surface area contributed by atoms with E-state index >= 15 is 0 Å². The molecule has 1 saturated heterocycles. The SMILES string of the molecule is O=C(O)N1CCS(=O)CC1c1ccc([N+](=O)[O-])cc1. The average Bonchev–Trinajstić information content (AvgIpc) is 2.38. The molecule has 1 fully saturated rings. The molecular formula is C11H12N2O5S. The molecule has 2 atom stereocenters. The van der Waals surface area contributed by atoms with Gasteiger partial charge in [-0.15, -0.1) is 0 Å². The van der Waals surface area contributed by atoms with E-state index in [1.165, 1.54) is 29.2 Å². The Bertz CT molecular complexity index is 530. The molecule has 1 aliphatic rings. The number of hydrogen-bond donors (Lipinski definition) is 1. The van der Waals surface area contributed by atoms with E-state index in [-0.39, 0.29) is 18.0 Å². The number of benzene rings is 1. The van der Waals surface area contributed by atoms with Gasteiger partial charge in [-0.1, -0.05) is 12.1 Å². The highest BCUT2D eigenvalue weighted by molar-refractivity contribution is 7.85. The highest BCUT2D eigenvalue weighted by Gasteiger charge is 2.31. The van der Waals surface area contributed by atoms with Gasteiger partial charge in [-0.05, 0) is 5.56 Å². The minimum absolute atomic E-state index is 0.0532. The average molecular weight is 284 g/mol. The van der Waals surface area contributed by atoms with Gasteiger partial charge in [0, 0.05) is 41.0 Å². The summed E-state index contributed by atoms with van der Waals surface area (Å²) in [7, 11) is -1.06. The first-order valence-corrected chi connectivity index (χ1v) is 7.06. The second-order valence-corrected chi connectivity index (χ2v) is 5.77. The highest BCUT2D eigenvalue weighted by Crippen LogP contribution is 2.26. The fourth-order valence-electron chi connectivity index (χ4n) is 2.03. The van der Waals surface area contributed by atoms with Crippen molar-refractivity contribution in [1.82, 2.24) is 4.90 Å². The maximum Gasteiger partial charge on any atom is 0.407 e. The van der Waals surface area contributed by atoms with E-state index in [4.69, 9.17) is 5.11 Å². The van der Waals surface area contributed by atoms with Gasteiger partial charge in [0.05, 0.1) is 11.0 Å². The van der Waals surface area contributed by atoms with Crippen molar-refractivity contribution < 1.29 is 19.0 Å². The van der Waals surface area contributed by atoms with Gasteiger partial charge in [0.1, 0.15) is 0 Å². The van der Waals surface area contributed by atoms with Crippen LogP contribution in [0.15, 0.2) is 24.3 Å². The van der Waals surface area contributed by atoms with E-state index in [9.17, 15) is 19.1 Å². The molecule has 1 aliphatic heterocycles. The van der Waals surface area contributed by atoms with Crippen molar-refractivity contribution in [2.24, 2.45) is 0 Å². The van der Waals surface area contributed by atoms with Crippen LogP contribution in [0.4, 0.5) is 10.5 Å². The zero-order valence-corrected chi connectivity index (χ0v) is 10.7. The van der Waals surface area contributed by atoms with Gasteiger partial charge in [0.2, 0.25) is 0 Å². The third-order valence-electron chi connectivity index (χ3n) is 3.01. The maximum atomic E-state index is 11.6.